The van der Waals surface area contributed by atoms with Gasteiger partial charge in [0.25, 0.3) is 0 Å². The second-order valence-electron chi connectivity index (χ2n) is 6.22. The van der Waals surface area contributed by atoms with Crippen molar-refractivity contribution in [3.63, 3.8) is 0 Å². The van der Waals surface area contributed by atoms with Crippen LogP contribution in [0.15, 0.2) is 12.3 Å². The van der Waals surface area contributed by atoms with E-state index in [1.807, 2.05) is 34.9 Å². The molecule has 4 nitrogen and oxygen atoms in total. The van der Waals surface area contributed by atoms with E-state index in [4.69, 9.17) is 31.0 Å². The fourth-order valence-electron chi connectivity index (χ4n) is 2.99. The third-order valence-corrected chi connectivity index (χ3v) is 5.16. The van der Waals surface area contributed by atoms with Crippen LogP contribution in [-0.2, 0) is 0 Å². The predicted octanol–water partition coefficient (Wildman–Crippen LogP) is 2.40. The van der Waals surface area contributed by atoms with Crippen molar-refractivity contribution >= 4 is 25.3 Å². The first-order chi connectivity index (χ1) is 9.42. The van der Waals surface area contributed by atoms with Crippen LogP contribution < -0.4 is 16.4 Å². The molecule has 0 rings (SSSR count). The van der Waals surface area contributed by atoms with Crippen LogP contribution in [-0.4, -0.2) is 40.4 Å². The summed E-state index contributed by atoms with van der Waals surface area (Å²) in [5, 5.41) is 6.54. The summed E-state index contributed by atoms with van der Waals surface area (Å²) in [6.45, 7) is 14.5. The quantitative estimate of drug-likeness (QED) is 0.332. The van der Waals surface area contributed by atoms with E-state index in [1.54, 1.807) is 0 Å². The van der Waals surface area contributed by atoms with Crippen molar-refractivity contribution in [1.29, 1.82) is 0 Å². The molecule has 0 aliphatic carbocycles. The molecule has 0 heterocycles. The number of rotatable bonds is 9. The Morgan fingerprint density at radius 2 is 1.71 bits per heavy atom. The minimum absolute atomic E-state index is 0.104. The van der Waals surface area contributed by atoms with Gasteiger partial charge in [-0.1, -0.05) is 20.4 Å². The number of nitrogens with two attached hydrogens (primary N) is 1. The maximum Gasteiger partial charge on any atom is 0.102 e. The Kier molecular flexibility index (Phi) is 7.64. The first-order valence-corrected chi connectivity index (χ1v) is 8.41. The molecule has 3 atom stereocenters. The van der Waals surface area contributed by atoms with Crippen LogP contribution in [0.4, 0.5) is 0 Å². The standard InChI is InChI=1S/C15H34N4S2/c1-9-12(17-7)14(6,16)19(13(4,5)20)11(3)15(21,10-2)18-8/h12,17-18,20-21H,3,9-10,16H2,1-2,4-8H3. The minimum Gasteiger partial charge on any atom is -0.340 e. The molecule has 3 unspecified atom stereocenters. The van der Waals surface area contributed by atoms with Gasteiger partial charge in [0, 0.05) is 11.7 Å². The fraction of sp³-hybridized carbons (Fsp3) is 0.867. The lowest BCUT2D eigenvalue weighted by Crippen LogP contribution is -2.70. The Labute approximate surface area is 142 Å². The lowest BCUT2D eigenvalue weighted by molar-refractivity contribution is 0.0529. The van der Waals surface area contributed by atoms with Gasteiger partial charge in [-0.2, -0.15) is 25.3 Å². The normalized spacial score (nSPS) is 19.5. The van der Waals surface area contributed by atoms with Crippen LogP contribution in [0.5, 0.6) is 0 Å². The summed E-state index contributed by atoms with van der Waals surface area (Å²) in [6.07, 6.45) is 1.70. The molecule has 0 fully saturated rings. The number of nitrogens with zero attached hydrogens (tertiary/aromatic N) is 1. The summed E-state index contributed by atoms with van der Waals surface area (Å²) < 4.78 is 0. The zero-order valence-electron chi connectivity index (χ0n) is 14.6. The van der Waals surface area contributed by atoms with Gasteiger partial charge in [0.2, 0.25) is 0 Å². The van der Waals surface area contributed by atoms with Crippen molar-refractivity contribution < 1.29 is 0 Å². The summed E-state index contributed by atoms with van der Waals surface area (Å²) in [6, 6.07) is 0.104. The Morgan fingerprint density at radius 1 is 1.24 bits per heavy atom. The van der Waals surface area contributed by atoms with Gasteiger partial charge in [-0.15, -0.1) is 0 Å². The maximum atomic E-state index is 6.71. The third-order valence-electron chi connectivity index (χ3n) is 4.16. The first-order valence-electron chi connectivity index (χ1n) is 7.51. The number of nitrogens with one attached hydrogen (secondary N) is 2. The van der Waals surface area contributed by atoms with E-state index < -0.39 is 15.4 Å². The third kappa shape index (κ3) is 4.55. The van der Waals surface area contributed by atoms with Crippen molar-refractivity contribution in [3.8, 4) is 0 Å². The first kappa shape index (κ1) is 21.1. The largest absolute Gasteiger partial charge is 0.340 e. The average Bonchev–Trinajstić information content (AvgIpc) is 2.36. The van der Waals surface area contributed by atoms with Gasteiger partial charge in [0.05, 0.1) is 4.87 Å². The van der Waals surface area contributed by atoms with Gasteiger partial charge >= 0.3 is 0 Å². The Bertz CT molecular complexity index is 342. The van der Waals surface area contributed by atoms with E-state index in [0.717, 1.165) is 18.5 Å². The zero-order chi connectivity index (χ0) is 17.1. The average molecular weight is 335 g/mol. The van der Waals surface area contributed by atoms with E-state index in [0.29, 0.717) is 0 Å². The summed E-state index contributed by atoms with van der Waals surface area (Å²) in [7, 11) is 3.81. The monoisotopic (exact) mass is 334 g/mol. The van der Waals surface area contributed by atoms with E-state index >= 15 is 0 Å². The van der Waals surface area contributed by atoms with Gasteiger partial charge < -0.3 is 21.3 Å². The predicted molar refractivity (Wildman–Crippen MR) is 101 cm³/mol. The number of hydrogen-bond acceptors (Lipinski definition) is 6. The zero-order valence-corrected chi connectivity index (χ0v) is 16.4. The number of thiol groups is 2. The molecule has 0 aliphatic heterocycles. The Hall–Kier alpha value is 0.120. The molecule has 0 aromatic heterocycles. The summed E-state index contributed by atoms with van der Waals surface area (Å²) in [5.41, 5.74) is 6.89. The smallest absolute Gasteiger partial charge is 0.102 e. The van der Waals surface area contributed by atoms with Crippen molar-refractivity contribution in [2.24, 2.45) is 5.73 Å². The summed E-state index contributed by atoms with van der Waals surface area (Å²) in [5.74, 6) is 0. The molecule has 0 aromatic carbocycles. The fourth-order valence-corrected chi connectivity index (χ4v) is 3.42. The van der Waals surface area contributed by atoms with Crippen molar-refractivity contribution in [1.82, 2.24) is 15.5 Å². The lowest BCUT2D eigenvalue weighted by atomic mass is 9.94. The van der Waals surface area contributed by atoms with Gasteiger partial charge in [-0.05, 0) is 47.7 Å². The second kappa shape index (κ2) is 7.59. The van der Waals surface area contributed by atoms with Crippen LogP contribution in [0.2, 0.25) is 0 Å². The lowest BCUT2D eigenvalue weighted by Gasteiger charge is -2.54. The molecule has 0 spiro atoms. The molecule has 21 heavy (non-hydrogen) atoms. The van der Waals surface area contributed by atoms with Crippen molar-refractivity contribution in [2.75, 3.05) is 14.1 Å². The molecular formula is C15H34N4S2. The minimum atomic E-state index is -0.647. The molecule has 4 N–H and O–H groups in total. The summed E-state index contributed by atoms with van der Waals surface area (Å²) in [4.78, 5) is 1.08. The molecule has 0 saturated carbocycles. The number of likely N-dealkylation sites (N-methyl/N-ethyl adjacent to an activating group) is 2. The van der Waals surface area contributed by atoms with E-state index in [1.165, 1.54) is 0 Å². The van der Waals surface area contributed by atoms with Crippen LogP contribution in [0.25, 0.3) is 0 Å². The van der Waals surface area contributed by atoms with Crippen molar-refractivity contribution in [2.45, 2.75) is 68.9 Å². The van der Waals surface area contributed by atoms with Gasteiger partial charge in [0.15, 0.2) is 0 Å². The van der Waals surface area contributed by atoms with Crippen LogP contribution >= 0.6 is 25.3 Å². The molecule has 126 valence electrons. The van der Waals surface area contributed by atoms with E-state index in [9.17, 15) is 0 Å². The molecule has 0 amide bonds. The highest BCUT2D eigenvalue weighted by molar-refractivity contribution is 7.82. The highest BCUT2D eigenvalue weighted by atomic mass is 32.1. The topological polar surface area (TPSA) is 53.3 Å². The maximum absolute atomic E-state index is 6.71. The van der Waals surface area contributed by atoms with E-state index in [-0.39, 0.29) is 6.04 Å². The second-order valence-corrected chi connectivity index (χ2v) is 8.07. The Morgan fingerprint density at radius 3 is 1.95 bits per heavy atom. The SMILES string of the molecule is C=C(N(C(C)(C)S)C(C)(N)C(CC)NC)C(S)(CC)NC. The molecule has 0 aliphatic rings. The van der Waals surface area contributed by atoms with E-state index in [2.05, 4.69) is 36.0 Å². The van der Waals surface area contributed by atoms with Gasteiger partial charge in [0.1, 0.15) is 10.5 Å². The Balaban J connectivity index is 5.88. The van der Waals surface area contributed by atoms with Crippen molar-refractivity contribution in [3.05, 3.63) is 12.3 Å². The summed E-state index contributed by atoms with van der Waals surface area (Å²) >= 11 is 9.54. The molecule has 0 saturated heterocycles. The van der Waals surface area contributed by atoms with Crippen LogP contribution in [0.1, 0.15) is 47.5 Å². The molecule has 0 aromatic rings. The van der Waals surface area contributed by atoms with Gasteiger partial charge in [-0.3, -0.25) is 0 Å². The molecule has 0 radical (unpaired) electrons. The number of hydrogen-bond donors (Lipinski definition) is 5. The highest BCUT2D eigenvalue weighted by Crippen LogP contribution is 2.38. The van der Waals surface area contributed by atoms with Crippen LogP contribution in [0.3, 0.4) is 0 Å². The molecule has 6 heteroatoms. The molecule has 0 bridgehead atoms. The van der Waals surface area contributed by atoms with Gasteiger partial charge in [-0.25, -0.2) is 0 Å². The van der Waals surface area contributed by atoms with Crippen LogP contribution in [0, 0.1) is 0 Å². The molecular weight excluding hydrogens is 300 g/mol. The highest BCUT2D eigenvalue weighted by Gasteiger charge is 2.45.